The minimum Gasteiger partial charge on any atom is -0.296 e. The van der Waals surface area contributed by atoms with E-state index < -0.39 is 16.1 Å². The largest absolute Gasteiger partial charge is 0.296 e. The van der Waals surface area contributed by atoms with Crippen LogP contribution >= 0.6 is 0 Å². The van der Waals surface area contributed by atoms with Crippen LogP contribution in [-0.2, 0) is 0 Å². The SMILES string of the molecule is C[Si](C)(C)C(/N=C/c1ccccc1)[Si](C)(C)C. The maximum absolute atomic E-state index is 4.93. The number of aliphatic imine (C=N–C) groups is 1. The van der Waals surface area contributed by atoms with Gasteiger partial charge in [-0.15, -0.1) is 0 Å². The summed E-state index contributed by atoms with van der Waals surface area (Å²) in [7, 11) is -2.42. The molecular weight excluding hydrogens is 238 g/mol. The van der Waals surface area contributed by atoms with E-state index >= 15 is 0 Å². The highest BCUT2D eigenvalue weighted by Gasteiger charge is 2.36. The van der Waals surface area contributed by atoms with Crippen molar-refractivity contribution >= 4 is 22.4 Å². The van der Waals surface area contributed by atoms with Crippen molar-refractivity contribution < 1.29 is 0 Å². The minimum absolute atomic E-state index is 0.593. The molecule has 17 heavy (non-hydrogen) atoms. The van der Waals surface area contributed by atoms with Crippen molar-refractivity contribution in [3.8, 4) is 0 Å². The zero-order valence-electron chi connectivity index (χ0n) is 12.0. The van der Waals surface area contributed by atoms with Crippen LogP contribution in [0.4, 0.5) is 0 Å². The monoisotopic (exact) mass is 263 g/mol. The Hall–Kier alpha value is -0.676. The Bertz CT molecular complexity index is 357. The predicted molar refractivity (Wildman–Crippen MR) is 84.5 cm³/mol. The first-order valence-electron chi connectivity index (χ1n) is 6.29. The molecule has 0 amide bonds. The fraction of sp³-hybridized carbons (Fsp3) is 0.500. The van der Waals surface area contributed by atoms with Crippen molar-refractivity contribution in [1.82, 2.24) is 0 Å². The molecule has 0 aliphatic heterocycles. The van der Waals surface area contributed by atoms with Crippen LogP contribution in [0.1, 0.15) is 5.56 Å². The molecule has 0 aromatic heterocycles. The normalized spacial score (nSPS) is 13.6. The first-order valence-corrected chi connectivity index (χ1v) is 13.4. The van der Waals surface area contributed by atoms with E-state index in [0.717, 1.165) is 0 Å². The lowest BCUT2D eigenvalue weighted by Gasteiger charge is -2.35. The van der Waals surface area contributed by atoms with Crippen molar-refractivity contribution in [3.63, 3.8) is 0 Å². The number of hydrogen-bond donors (Lipinski definition) is 0. The third kappa shape index (κ3) is 4.60. The summed E-state index contributed by atoms with van der Waals surface area (Å²) >= 11 is 0. The molecule has 0 saturated heterocycles. The summed E-state index contributed by atoms with van der Waals surface area (Å²) in [6.07, 6.45) is 2.07. The van der Waals surface area contributed by atoms with Crippen LogP contribution in [0.15, 0.2) is 35.3 Å². The van der Waals surface area contributed by atoms with E-state index in [1.807, 2.05) is 6.07 Å². The third-order valence-corrected chi connectivity index (χ3v) is 11.6. The number of benzene rings is 1. The van der Waals surface area contributed by atoms with E-state index in [1.54, 1.807) is 0 Å². The summed E-state index contributed by atoms with van der Waals surface area (Å²) in [6, 6.07) is 10.4. The van der Waals surface area contributed by atoms with Gasteiger partial charge in [0, 0.05) is 11.5 Å². The summed E-state index contributed by atoms with van der Waals surface area (Å²) in [5.41, 5.74) is 1.22. The molecule has 0 aliphatic rings. The molecule has 1 aromatic rings. The molecule has 1 aromatic carbocycles. The molecule has 0 fully saturated rings. The maximum atomic E-state index is 4.93. The molecule has 0 aliphatic carbocycles. The van der Waals surface area contributed by atoms with Crippen molar-refractivity contribution in [3.05, 3.63) is 35.9 Å². The van der Waals surface area contributed by atoms with Gasteiger partial charge in [-0.2, -0.15) is 0 Å². The lowest BCUT2D eigenvalue weighted by Crippen LogP contribution is -2.52. The molecule has 0 bridgehead atoms. The topological polar surface area (TPSA) is 12.4 Å². The molecule has 0 N–H and O–H groups in total. The molecule has 3 heteroatoms. The van der Waals surface area contributed by atoms with Crippen LogP contribution in [0.5, 0.6) is 0 Å². The van der Waals surface area contributed by atoms with Gasteiger partial charge in [0.15, 0.2) is 0 Å². The van der Waals surface area contributed by atoms with E-state index in [2.05, 4.69) is 69.8 Å². The first kappa shape index (κ1) is 14.4. The average Bonchev–Trinajstić information content (AvgIpc) is 2.15. The maximum Gasteiger partial charge on any atom is 0.0693 e. The lowest BCUT2D eigenvalue weighted by atomic mass is 10.2. The smallest absolute Gasteiger partial charge is 0.0693 e. The third-order valence-electron chi connectivity index (χ3n) is 2.81. The van der Waals surface area contributed by atoms with Crippen molar-refractivity contribution in [2.24, 2.45) is 4.99 Å². The van der Waals surface area contributed by atoms with Gasteiger partial charge in [0.25, 0.3) is 0 Å². The fourth-order valence-electron chi connectivity index (χ4n) is 2.45. The standard InChI is InChI=1S/C14H25NSi2/c1-16(2,3)14(17(4,5)6)15-12-13-10-8-7-9-11-13/h7-12,14H,1-6H3/b15-12+. The highest BCUT2D eigenvalue weighted by molar-refractivity contribution is 6.96. The molecule has 0 spiro atoms. The minimum atomic E-state index is -1.21. The van der Waals surface area contributed by atoms with E-state index in [1.165, 1.54) is 5.56 Å². The molecule has 1 nitrogen and oxygen atoms in total. The van der Waals surface area contributed by atoms with Crippen LogP contribution in [0.2, 0.25) is 39.3 Å². The summed E-state index contributed by atoms with van der Waals surface area (Å²) in [5.74, 6) is 0. The van der Waals surface area contributed by atoms with Crippen LogP contribution in [0.25, 0.3) is 0 Å². The van der Waals surface area contributed by atoms with Gasteiger partial charge in [-0.1, -0.05) is 69.6 Å². The molecule has 0 unspecified atom stereocenters. The highest BCUT2D eigenvalue weighted by Crippen LogP contribution is 2.22. The van der Waals surface area contributed by atoms with Crippen LogP contribution in [0, 0.1) is 0 Å². The Morgan fingerprint density at radius 3 is 1.76 bits per heavy atom. The quantitative estimate of drug-likeness (QED) is 0.569. The first-order chi connectivity index (χ1) is 7.71. The summed E-state index contributed by atoms with van der Waals surface area (Å²) in [6.45, 7) is 14.6. The van der Waals surface area contributed by atoms with Gasteiger partial charge in [0.05, 0.1) is 16.1 Å². The van der Waals surface area contributed by atoms with Gasteiger partial charge in [0.2, 0.25) is 0 Å². The number of rotatable bonds is 4. The average molecular weight is 264 g/mol. The van der Waals surface area contributed by atoms with Gasteiger partial charge in [-0.25, -0.2) is 0 Å². The van der Waals surface area contributed by atoms with Gasteiger partial charge in [0.1, 0.15) is 0 Å². The van der Waals surface area contributed by atoms with Gasteiger partial charge in [-0.05, 0) is 5.56 Å². The summed E-state index contributed by atoms with van der Waals surface area (Å²) < 4.78 is 0. The van der Waals surface area contributed by atoms with E-state index in [4.69, 9.17) is 4.99 Å². The van der Waals surface area contributed by atoms with E-state index in [9.17, 15) is 0 Å². The van der Waals surface area contributed by atoms with Crippen molar-refractivity contribution in [2.45, 2.75) is 44.6 Å². The second kappa shape index (κ2) is 5.31. The Balaban J connectivity index is 2.92. The lowest BCUT2D eigenvalue weighted by molar-refractivity contribution is 1.13. The highest BCUT2D eigenvalue weighted by atomic mass is 28.4. The van der Waals surface area contributed by atoms with Gasteiger partial charge < -0.3 is 0 Å². The second-order valence-corrected chi connectivity index (χ2v) is 18.0. The zero-order chi connectivity index (χ0) is 13.1. The molecule has 0 atom stereocenters. The Labute approximate surface area is 108 Å². The van der Waals surface area contributed by atoms with Crippen LogP contribution < -0.4 is 0 Å². The molecule has 0 radical (unpaired) electrons. The Morgan fingerprint density at radius 1 is 0.882 bits per heavy atom. The predicted octanol–water partition coefficient (Wildman–Crippen LogP) is 4.23. The summed E-state index contributed by atoms with van der Waals surface area (Å²) in [4.78, 5) is 4.93. The fourth-order valence-corrected chi connectivity index (χ4v) is 13.9. The Morgan fingerprint density at radius 2 is 1.35 bits per heavy atom. The van der Waals surface area contributed by atoms with Crippen molar-refractivity contribution in [2.75, 3.05) is 0 Å². The molecule has 0 saturated carbocycles. The van der Waals surface area contributed by atoms with E-state index in [-0.39, 0.29) is 0 Å². The second-order valence-electron chi connectivity index (χ2n) is 6.82. The van der Waals surface area contributed by atoms with Gasteiger partial charge >= 0.3 is 0 Å². The zero-order valence-corrected chi connectivity index (χ0v) is 14.0. The van der Waals surface area contributed by atoms with Crippen LogP contribution in [0.3, 0.4) is 0 Å². The number of hydrogen-bond acceptors (Lipinski definition) is 1. The van der Waals surface area contributed by atoms with Gasteiger partial charge in [-0.3, -0.25) is 4.99 Å². The summed E-state index contributed by atoms with van der Waals surface area (Å²) in [5, 5.41) is 0.593. The van der Waals surface area contributed by atoms with Crippen LogP contribution in [-0.4, -0.2) is 27.7 Å². The Kier molecular flexibility index (Phi) is 4.50. The van der Waals surface area contributed by atoms with Crippen molar-refractivity contribution in [1.29, 1.82) is 0 Å². The number of nitrogens with zero attached hydrogens (tertiary/aromatic N) is 1. The molecule has 0 heterocycles. The van der Waals surface area contributed by atoms with E-state index in [0.29, 0.717) is 5.29 Å². The molecule has 94 valence electrons. The molecule has 1 rings (SSSR count). The molecular formula is C14H25NSi2.